The fourth-order valence-corrected chi connectivity index (χ4v) is 3.48. The predicted octanol–water partition coefficient (Wildman–Crippen LogP) is 4.41. The molecule has 2 heteroatoms. The molecular formula is C18H24O2. The molecule has 1 fully saturated rings. The molecule has 2 aliphatic carbocycles. The number of carbonyl (C=O) groups excluding carboxylic acids is 1. The minimum atomic E-state index is 0.280. The van der Waals surface area contributed by atoms with Gasteiger partial charge >= 0.3 is 0 Å². The van der Waals surface area contributed by atoms with Crippen molar-refractivity contribution in [3.8, 4) is 5.75 Å². The van der Waals surface area contributed by atoms with E-state index in [0.717, 1.165) is 48.8 Å². The fourth-order valence-electron chi connectivity index (χ4n) is 3.48. The van der Waals surface area contributed by atoms with Gasteiger partial charge in [0.05, 0.1) is 6.10 Å². The highest BCUT2D eigenvalue weighted by Crippen LogP contribution is 2.33. The molecule has 1 aromatic rings. The summed E-state index contributed by atoms with van der Waals surface area (Å²) in [7, 11) is 0. The molecule has 0 spiro atoms. The van der Waals surface area contributed by atoms with Crippen LogP contribution in [0.5, 0.6) is 5.75 Å². The van der Waals surface area contributed by atoms with Crippen molar-refractivity contribution in [2.45, 2.75) is 58.5 Å². The summed E-state index contributed by atoms with van der Waals surface area (Å²) < 4.78 is 6.14. The lowest BCUT2D eigenvalue weighted by molar-refractivity contribution is 0.0957. The minimum Gasteiger partial charge on any atom is -0.490 e. The third kappa shape index (κ3) is 2.74. The first-order valence-corrected chi connectivity index (χ1v) is 7.96. The van der Waals surface area contributed by atoms with Gasteiger partial charge in [0.25, 0.3) is 0 Å². The molecule has 0 aromatic heterocycles. The van der Waals surface area contributed by atoms with Gasteiger partial charge < -0.3 is 4.74 Å². The van der Waals surface area contributed by atoms with Gasteiger partial charge in [-0.3, -0.25) is 4.79 Å². The molecule has 2 aliphatic rings. The lowest BCUT2D eigenvalue weighted by Gasteiger charge is -2.32. The molecule has 1 saturated carbocycles. The van der Waals surface area contributed by atoms with Gasteiger partial charge in [0.1, 0.15) is 5.75 Å². The Kier molecular flexibility index (Phi) is 3.82. The van der Waals surface area contributed by atoms with Crippen molar-refractivity contribution < 1.29 is 9.53 Å². The van der Waals surface area contributed by atoms with Crippen molar-refractivity contribution in [3.63, 3.8) is 0 Å². The van der Waals surface area contributed by atoms with Crippen LogP contribution < -0.4 is 4.74 Å². The quantitative estimate of drug-likeness (QED) is 0.797. The second-order valence-corrected chi connectivity index (χ2v) is 6.60. The average molecular weight is 272 g/mol. The van der Waals surface area contributed by atoms with Gasteiger partial charge in [-0.1, -0.05) is 19.9 Å². The van der Waals surface area contributed by atoms with Crippen LogP contribution in [-0.4, -0.2) is 11.9 Å². The van der Waals surface area contributed by atoms with Gasteiger partial charge in [0, 0.05) is 12.0 Å². The number of hydrogen-bond acceptors (Lipinski definition) is 2. The Balaban J connectivity index is 1.72. The largest absolute Gasteiger partial charge is 0.490 e. The Hall–Kier alpha value is -1.31. The van der Waals surface area contributed by atoms with Crippen LogP contribution in [0.4, 0.5) is 0 Å². The average Bonchev–Trinajstić information content (AvgIpc) is 2.44. The van der Waals surface area contributed by atoms with Crippen LogP contribution in [0.25, 0.3) is 0 Å². The van der Waals surface area contributed by atoms with Crippen LogP contribution in [0.2, 0.25) is 0 Å². The molecule has 3 unspecified atom stereocenters. The molecule has 0 amide bonds. The maximum atomic E-state index is 12.0. The maximum absolute atomic E-state index is 12.0. The highest BCUT2D eigenvalue weighted by Gasteiger charge is 2.26. The number of ether oxygens (including phenoxy) is 1. The summed E-state index contributed by atoms with van der Waals surface area (Å²) in [5.41, 5.74) is 2.09. The third-order valence-electron chi connectivity index (χ3n) is 5.08. The first-order valence-electron chi connectivity index (χ1n) is 7.96. The standard InChI is InChI=1S/C18H24O2/c1-12-6-8-15(10-13(12)2)20-16-9-7-14-4-3-5-18(19)17(14)11-16/h7,9,11-13,15H,3-6,8,10H2,1-2H3. The van der Waals surface area contributed by atoms with E-state index in [1.54, 1.807) is 0 Å². The Bertz CT molecular complexity index is 506. The van der Waals surface area contributed by atoms with Crippen molar-refractivity contribution in [1.82, 2.24) is 0 Å². The summed E-state index contributed by atoms with van der Waals surface area (Å²) in [6.07, 6.45) is 6.54. The molecule has 3 atom stereocenters. The summed E-state index contributed by atoms with van der Waals surface area (Å²) in [5, 5.41) is 0. The predicted molar refractivity (Wildman–Crippen MR) is 80.3 cm³/mol. The summed E-state index contributed by atoms with van der Waals surface area (Å²) in [5.74, 6) is 2.70. The normalized spacial score (nSPS) is 29.9. The zero-order valence-corrected chi connectivity index (χ0v) is 12.5. The number of benzene rings is 1. The Morgan fingerprint density at radius 1 is 1.10 bits per heavy atom. The summed E-state index contributed by atoms with van der Waals surface area (Å²) in [6.45, 7) is 4.65. The number of carbonyl (C=O) groups is 1. The van der Waals surface area contributed by atoms with E-state index in [-0.39, 0.29) is 5.78 Å². The van der Waals surface area contributed by atoms with Crippen LogP contribution >= 0.6 is 0 Å². The maximum Gasteiger partial charge on any atom is 0.163 e. The SMILES string of the molecule is CC1CCC(Oc2ccc3c(c2)C(=O)CCC3)CC1C. The van der Waals surface area contributed by atoms with Gasteiger partial charge in [0.2, 0.25) is 0 Å². The van der Waals surface area contributed by atoms with Crippen LogP contribution in [0, 0.1) is 11.8 Å². The first-order chi connectivity index (χ1) is 9.63. The van der Waals surface area contributed by atoms with Gasteiger partial charge in [-0.15, -0.1) is 0 Å². The molecule has 3 rings (SSSR count). The van der Waals surface area contributed by atoms with Crippen LogP contribution in [0.1, 0.15) is 61.9 Å². The number of fused-ring (bicyclic) bond motifs is 1. The number of aryl methyl sites for hydroxylation is 1. The van der Waals surface area contributed by atoms with E-state index < -0.39 is 0 Å². The fraction of sp³-hybridized carbons (Fsp3) is 0.611. The first kappa shape index (κ1) is 13.7. The monoisotopic (exact) mass is 272 g/mol. The van der Waals surface area contributed by atoms with E-state index in [2.05, 4.69) is 19.9 Å². The smallest absolute Gasteiger partial charge is 0.163 e. The molecule has 0 N–H and O–H groups in total. The molecule has 2 nitrogen and oxygen atoms in total. The van der Waals surface area contributed by atoms with Gasteiger partial charge in [-0.25, -0.2) is 0 Å². The summed E-state index contributed by atoms with van der Waals surface area (Å²) in [6, 6.07) is 6.09. The number of Topliss-reactive ketones (excluding diaryl/α,β-unsaturated/α-hetero) is 1. The molecule has 0 heterocycles. The molecule has 0 radical (unpaired) electrons. The van der Waals surface area contributed by atoms with Crippen molar-refractivity contribution in [1.29, 1.82) is 0 Å². The van der Waals surface area contributed by atoms with E-state index in [9.17, 15) is 4.79 Å². The molecule has 0 aliphatic heterocycles. The van der Waals surface area contributed by atoms with E-state index in [0.29, 0.717) is 12.5 Å². The Labute approximate surface area is 121 Å². The number of ketones is 1. The number of hydrogen-bond donors (Lipinski definition) is 0. The molecular weight excluding hydrogens is 248 g/mol. The lowest BCUT2D eigenvalue weighted by atomic mass is 9.80. The van der Waals surface area contributed by atoms with E-state index in [1.165, 1.54) is 12.0 Å². The van der Waals surface area contributed by atoms with E-state index in [4.69, 9.17) is 4.74 Å². The van der Waals surface area contributed by atoms with Crippen molar-refractivity contribution in [3.05, 3.63) is 29.3 Å². The Morgan fingerprint density at radius 3 is 2.75 bits per heavy atom. The molecule has 108 valence electrons. The second kappa shape index (κ2) is 5.59. The van der Waals surface area contributed by atoms with E-state index >= 15 is 0 Å². The number of rotatable bonds is 2. The topological polar surface area (TPSA) is 26.3 Å². The summed E-state index contributed by atoms with van der Waals surface area (Å²) >= 11 is 0. The molecule has 1 aromatic carbocycles. The highest BCUT2D eigenvalue weighted by molar-refractivity contribution is 5.98. The molecule has 0 bridgehead atoms. The van der Waals surface area contributed by atoms with Gasteiger partial charge in [0.15, 0.2) is 5.78 Å². The van der Waals surface area contributed by atoms with Crippen LogP contribution in [-0.2, 0) is 6.42 Å². The minimum absolute atomic E-state index is 0.280. The van der Waals surface area contributed by atoms with Crippen molar-refractivity contribution >= 4 is 5.78 Å². The van der Waals surface area contributed by atoms with Crippen LogP contribution in [0.3, 0.4) is 0 Å². The lowest BCUT2D eigenvalue weighted by Crippen LogP contribution is -2.28. The zero-order valence-electron chi connectivity index (χ0n) is 12.5. The van der Waals surface area contributed by atoms with Gasteiger partial charge in [-0.2, -0.15) is 0 Å². The van der Waals surface area contributed by atoms with Crippen LogP contribution in [0.15, 0.2) is 18.2 Å². The van der Waals surface area contributed by atoms with E-state index in [1.807, 2.05) is 12.1 Å². The molecule has 20 heavy (non-hydrogen) atoms. The Morgan fingerprint density at radius 2 is 1.95 bits per heavy atom. The second-order valence-electron chi connectivity index (χ2n) is 6.60. The highest BCUT2D eigenvalue weighted by atomic mass is 16.5. The van der Waals surface area contributed by atoms with Crippen molar-refractivity contribution in [2.24, 2.45) is 11.8 Å². The third-order valence-corrected chi connectivity index (χ3v) is 5.08. The summed E-state index contributed by atoms with van der Waals surface area (Å²) in [4.78, 5) is 12.0. The molecule has 0 saturated heterocycles. The van der Waals surface area contributed by atoms with Gasteiger partial charge in [-0.05, 0) is 61.6 Å². The van der Waals surface area contributed by atoms with Crippen molar-refractivity contribution in [2.75, 3.05) is 0 Å². The zero-order chi connectivity index (χ0) is 14.1.